The van der Waals surface area contributed by atoms with E-state index in [-0.39, 0.29) is 105 Å². The average molecular weight is 356 g/mol. The molecule has 0 aromatic carbocycles. The largest absolute Gasteiger partial charge is 2.00 e. The van der Waals surface area contributed by atoms with Crippen LogP contribution in [0.1, 0.15) is 0 Å². The van der Waals surface area contributed by atoms with Gasteiger partial charge in [-0.1, -0.05) is 0 Å². The molecule has 0 heterocycles. The van der Waals surface area contributed by atoms with Crippen molar-refractivity contribution in [2.45, 2.75) is 0 Å². The minimum atomic E-state index is -5.39. The topological polar surface area (TPSA) is 227 Å². The van der Waals surface area contributed by atoms with E-state index < -0.39 is 21.8 Å². The summed E-state index contributed by atoms with van der Waals surface area (Å²) in [6.07, 6.45) is -1.83. The van der Waals surface area contributed by atoms with Gasteiger partial charge in [-0.3, -0.25) is 0 Å². The van der Waals surface area contributed by atoms with Crippen LogP contribution in [0.2, 0.25) is 0 Å². The summed E-state index contributed by atoms with van der Waals surface area (Å²) < 4.78 is 17.2. The second kappa shape index (κ2) is 19.0. The molecule has 0 amide bonds. The first-order chi connectivity index (χ1) is 5.73. The zero-order chi connectivity index (χ0) is 12.6. The van der Waals surface area contributed by atoms with Crippen LogP contribution in [0, 0.1) is 0 Å². The van der Waals surface area contributed by atoms with E-state index in [0.29, 0.717) is 0 Å². The van der Waals surface area contributed by atoms with Gasteiger partial charge in [-0.15, -0.1) is 0 Å². The summed E-state index contributed by atoms with van der Waals surface area (Å²) >= 11 is 0. The van der Waals surface area contributed by atoms with Gasteiger partial charge in [-0.25, -0.2) is 4.79 Å². The molecule has 0 radical (unpaired) electrons. The summed E-state index contributed by atoms with van der Waals surface area (Å²) in [5.41, 5.74) is 0. The third kappa shape index (κ3) is 607. The van der Waals surface area contributed by atoms with E-state index >= 15 is 0 Å². The summed E-state index contributed by atoms with van der Waals surface area (Å²) in [7, 11) is -10.5. The van der Waals surface area contributed by atoms with Gasteiger partial charge >= 0.3 is 111 Å². The number of carbonyl (C=O) groups is 1. The fraction of sp³-hybridized carbons (Fsp3) is 0. The summed E-state index contributed by atoms with van der Waals surface area (Å²) in [5.74, 6) is 0. The molecule has 0 fully saturated rings. The minimum absolute atomic E-state index is 0. The molecule has 11 nitrogen and oxygen atoms in total. The van der Waals surface area contributed by atoms with E-state index in [2.05, 4.69) is 0 Å². The second-order valence-corrected chi connectivity index (χ2v) is 3.03. The Balaban J connectivity index is -0.0000000247. The molecule has 0 bridgehead atoms. The normalized spacial score (nSPS) is 8.35. The summed E-state index contributed by atoms with van der Waals surface area (Å²) in [5, 5.41) is 13.9. The van der Waals surface area contributed by atoms with Gasteiger partial charge in [0, 0.05) is 0 Å². The van der Waals surface area contributed by atoms with Crippen LogP contribution in [-0.4, -0.2) is 96.7 Å². The quantitative estimate of drug-likeness (QED) is 0.272. The Bertz CT molecular complexity index is 203. The molecule has 3 N–H and O–H groups in total. The van der Waals surface area contributed by atoms with Gasteiger partial charge in [0.1, 0.15) is 0 Å². The van der Waals surface area contributed by atoms with E-state index in [1.165, 1.54) is 0 Å². The molecule has 16 heteroatoms. The van der Waals surface area contributed by atoms with Crippen molar-refractivity contribution in [3.63, 3.8) is 0 Å². The predicted molar refractivity (Wildman–Crippen MR) is 39.6 cm³/mol. The zero-order valence-corrected chi connectivity index (χ0v) is 16.6. The van der Waals surface area contributed by atoms with E-state index in [4.69, 9.17) is 53.5 Å². The fourth-order valence-corrected chi connectivity index (χ4v) is 0. The maximum absolute atomic E-state index is 8.66. The summed E-state index contributed by atoms with van der Waals surface area (Å²) in [6, 6.07) is 0. The molecule has 0 unspecified atom stereocenters. The molecule has 0 rings (SSSR count). The SMILES string of the molecule is O=C(O)O.O=P([O-])([O-])O.O=P([O-])([O-])[O-].[Ca+2].[Ca+2].[Na+]. The monoisotopic (exact) mass is 356 g/mol. The van der Waals surface area contributed by atoms with Gasteiger partial charge < -0.3 is 48.7 Å². The first kappa shape index (κ1) is 36.8. The Morgan fingerprint density at radius 2 is 0.882 bits per heavy atom. The predicted octanol–water partition coefficient (Wildman–Crippen LogP) is -8.55. The molecule has 0 aliphatic carbocycles. The van der Waals surface area contributed by atoms with Crippen molar-refractivity contribution in [1.82, 2.24) is 0 Å². The van der Waals surface area contributed by atoms with Crippen molar-refractivity contribution in [2.75, 3.05) is 0 Å². The average Bonchev–Trinajstić information content (AvgIpc) is 1.45. The molecule has 0 saturated heterocycles. The van der Waals surface area contributed by atoms with Crippen LogP contribution in [0.4, 0.5) is 4.79 Å². The van der Waals surface area contributed by atoms with Crippen molar-refractivity contribution < 1.29 is 83.1 Å². The third-order valence-electron chi connectivity index (χ3n) is 0. The van der Waals surface area contributed by atoms with E-state index in [1.54, 1.807) is 0 Å². The van der Waals surface area contributed by atoms with Crippen molar-refractivity contribution in [3.05, 3.63) is 0 Å². The number of phosphoric acid groups is 2. The number of hydrogen-bond acceptors (Lipinski definition) is 8. The van der Waals surface area contributed by atoms with Crippen LogP contribution in [0.5, 0.6) is 0 Å². The molecule has 17 heavy (non-hydrogen) atoms. The summed E-state index contributed by atoms with van der Waals surface area (Å²) in [6.45, 7) is 0. The Morgan fingerprint density at radius 1 is 0.882 bits per heavy atom. The van der Waals surface area contributed by atoms with Gasteiger partial charge in [0.05, 0.1) is 7.82 Å². The first-order valence-corrected chi connectivity index (χ1v) is 5.09. The van der Waals surface area contributed by atoms with Gasteiger partial charge in [-0.05, 0) is 0 Å². The Kier molecular flexibility index (Phi) is 41.2. The van der Waals surface area contributed by atoms with Crippen LogP contribution in [0.25, 0.3) is 0 Å². The van der Waals surface area contributed by atoms with Gasteiger partial charge in [0.15, 0.2) is 0 Å². The van der Waals surface area contributed by atoms with Crippen LogP contribution in [-0.2, 0) is 9.13 Å². The van der Waals surface area contributed by atoms with Gasteiger partial charge in [0.25, 0.3) is 0 Å². The molecular weight excluding hydrogens is 353 g/mol. The van der Waals surface area contributed by atoms with Crippen molar-refractivity contribution in [3.8, 4) is 0 Å². The third-order valence-corrected chi connectivity index (χ3v) is 0. The standard InChI is InChI=1S/CH2O3.2Ca.Na.2H3O4P/c2-1(3)4;;;;2*1-5(2,3)4/h(H2,2,3,4);;;;2*(H3,1,2,3,4)/q;2*+2;+1;;/p-5. The Morgan fingerprint density at radius 3 is 0.882 bits per heavy atom. The van der Waals surface area contributed by atoms with Crippen LogP contribution in [0.3, 0.4) is 0 Å². The number of carboxylic acid groups (broad SMARTS) is 2. The van der Waals surface area contributed by atoms with Crippen LogP contribution in [0.15, 0.2) is 0 Å². The van der Waals surface area contributed by atoms with Crippen molar-refractivity contribution in [2.24, 2.45) is 0 Å². The molecular formula is CH3Ca2NaO11P2. The molecule has 0 aromatic heterocycles. The van der Waals surface area contributed by atoms with Crippen LogP contribution >= 0.6 is 15.6 Å². The smallest absolute Gasteiger partial charge is 0.822 e. The number of hydrogen-bond donors (Lipinski definition) is 3. The molecule has 0 aromatic rings. The van der Waals surface area contributed by atoms with Crippen LogP contribution < -0.4 is 54.0 Å². The van der Waals surface area contributed by atoms with E-state index in [1.807, 2.05) is 0 Å². The maximum atomic E-state index is 8.66. The molecule has 0 spiro atoms. The Labute approximate surface area is 177 Å². The summed E-state index contributed by atoms with van der Waals surface area (Å²) in [4.78, 5) is 58.5. The maximum Gasteiger partial charge on any atom is 2.00 e. The van der Waals surface area contributed by atoms with E-state index in [9.17, 15) is 0 Å². The molecule has 0 aliphatic rings. The van der Waals surface area contributed by atoms with E-state index in [0.717, 1.165) is 0 Å². The number of rotatable bonds is 0. The second-order valence-electron chi connectivity index (χ2n) is 1.20. The van der Waals surface area contributed by atoms with Gasteiger partial charge in [-0.2, -0.15) is 7.82 Å². The molecule has 0 atom stereocenters. The van der Waals surface area contributed by atoms with Crippen molar-refractivity contribution >= 4 is 97.3 Å². The molecule has 0 saturated carbocycles. The molecule has 0 aliphatic heterocycles. The minimum Gasteiger partial charge on any atom is -0.822 e. The first-order valence-electron chi connectivity index (χ1n) is 2.13. The van der Waals surface area contributed by atoms with Crippen molar-refractivity contribution in [1.29, 1.82) is 0 Å². The fourth-order valence-electron chi connectivity index (χ4n) is 0. The molecule has 88 valence electrons. The van der Waals surface area contributed by atoms with Gasteiger partial charge in [0.2, 0.25) is 0 Å². The zero-order valence-electron chi connectivity index (χ0n) is 8.42. The Hall–Kier alpha value is 3.01.